The first-order valence-electron chi connectivity index (χ1n) is 10.2. The standard InChI is InChI=1S/C24H19N3O5/c1-15-8-5-6-13-19(15)25-23(28)20-21(16-9-7-12-18(14-16)27(30)31)26(32-22(20)24(25)29)17-10-3-2-4-11-17/h2-14,20-22H,1H3/t20-,21-,22-/m1/s1. The third-order valence-electron chi connectivity index (χ3n) is 5.91. The highest BCUT2D eigenvalue weighted by Gasteiger charge is 2.60. The average Bonchev–Trinajstić information content (AvgIpc) is 3.31. The number of hydroxylamine groups is 1. The van der Waals surface area contributed by atoms with Crippen LogP contribution in [-0.2, 0) is 14.4 Å². The minimum Gasteiger partial charge on any atom is -0.273 e. The van der Waals surface area contributed by atoms with Crippen LogP contribution in [0.4, 0.5) is 17.1 Å². The van der Waals surface area contributed by atoms with Crippen LogP contribution < -0.4 is 9.96 Å². The van der Waals surface area contributed by atoms with E-state index in [1.165, 1.54) is 22.1 Å². The Hall–Kier alpha value is -4.04. The highest BCUT2D eigenvalue weighted by molar-refractivity contribution is 6.24. The SMILES string of the molecule is Cc1ccccc1N1C(=O)[C@@H]2[C@@H](c3cccc([N+](=O)[O-])c3)N(c3ccccc3)O[C@H]2C1=O. The van der Waals surface area contributed by atoms with Crippen LogP contribution in [0, 0.1) is 23.0 Å². The Bertz CT molecular complexity index is 1230. The van der Waals surface area contributed by atoms with Gasteiger partial charge in [0, 0.05) is 12.1 Å². The molecule has 3 atom stereocenters. The van der Waals surface area contributed by atoms with Crippen molar-refractivity contribution in [3.63, 3.8) is 0 Å². The number of imide groups is 1. The molecule has 8 heteroatoms. The fraction of sp³-hybridized carbons (Fsp3) is 0.167. The van der Waals surface area contributed by atoms with Gasteiger partial charge in [0.1, 0.15) is 5.92 Å². The number of nitrogens with zero attached hydrogens (tertiary/aromatic N) is 3. The average molecular weight is 429 g/mol. The Morgan fingerprint density at radius 1 is 0.906 bits per heavy atom. The van der Waals surface area contributed by atoms with Crippen LogP contribution >= 0.6 is 0 Å². The van der Waals surface area contributed by atoms with Crippen LogP contribution in [0.1, 0.15) is 17.2 Å². The van der Waals surface area contributed by atoms with Gasteiger partial charge in [0.15, 0.2) is 6.10 Å². The third-order valence-corrected chi connectivity index (χ3v) is 5.91. The molecule has 0 aromatic heterocycles. The molecule has 2 fully saturated rings. The molecule has 0 spiro atoms. The molecule has 0 bridgehead atoms. The molecule has 2 heterocycles. The monoisotopic (exact) mass is 429 g/mol. The summed E-state index contributed by atoms with van der Waals surface area (Å²) in [5.41, 5.74) is 2.40. The zero-order valence-electron chi connectivity index (χ0n) is 17.1. The number of aryl methyl sites for hydroxylation is 1. The van der Waals surface area contributed by atoms with Gasteiger partial charge in [-0.2, -0.15) is 0 Å². The number of carbonyl (C=O) groups excluding carboxylic acids is 2. The first-order valence-corrected chi connectivity index (χ1v) is 10.2. The van der Waals surface area contributed by atoms with Gasteiger partial charge in [0.05, 0.1) is 22.3 Å². The van der Waals surface area contributed by atoms with E-state index in [2.05, 4.69) is 0 Å². The quantitative estimate of drug-likeness (QED) is 0.354. The van der Waals surface area contributed by atoms with Crippen molar-refractivity contribution in [1.82, 2.24) is 0 Å². The molecule has 2 aliphatic rings. The maximum absolute atomic E-state index is 13.6. The van der Waals surface area contributed by atoms with Crippen LogP contribution in [0.15, 0.2) is 78.9 Å². The third kappa shape index (κ3) is 3.04. The maximum Gasteiger partial charge on any atom is 0.269 e. The van der Waals surface area contributed by atoms with Crippen LogP contribution in [0.25, 0.3) is 0 Å². The van der Waals surface area contributed by atoms with E-state index in [0.29, 0.717) is 16.9 Å². The van der Waals surface area contributed by atoms with Gasteiger partial charge in [-0.3, -0.25) is 24.5 Å². The minimum absolute atomic E-state index is 0.0912. The van der Waals surface area contributed by atoms with Crippen molar-refractivity contribution in [2.45, 2.75) is 19.1 Å². The number of nitro benzene ring substituents is 1. The van der Waals surface area contributed by atoms with Gasteiger partial charge in [0.2, 0.25) is 5.91 Å². The maximum atomic E-state index is 13.6. The molecular weight excluding hydrogens is 410 g/mol. The summed E-state index contributed by atoms with van der Waals surface area (Å²) in [5, 5.41) is 12.9. The lowest BCUT2D eigenvalue weighted by Crippen LogP contribution is -2.37. The summed E-state index contributed by atoms with van der Waals surface area (Å²) < 4.78 is 0. The summed E-state index contributed by atoms with van der Waals surface area (Å²) in [6, 6.07) is 21.7. The molecule has 3 aromatic rings. The summed E-state index contributed by atoms with van der Waals surface area (Å²) in [6.07, 6.45) is -1.02. The Morgan fingerprint density at radius 3 is 2.34 bits per heavy atom. The molecule has 2 amide bonds. The summed E-state index contributed by atoms with van der Waals surface area (Å²) >= 11 is 0. The molecule has 8 nitrogen and oxygen atoms in total. The molecule has 3 aromatic carbocycles. The van der Waals surface area contributed by atoms with Crippen molar-refractivity contribution < 1.29 is 19.3 Å². The van der Waals surface area contributed by atoms with Gasteiger partial charge in [-0.25, -0.2) is 9.96 Å². The highest BCUT2D eigenvalue weighted by atomic mass is 16.7. The molecule has 0 N–H and O–H groups in total. The number of non-ortho nitro benzene ring substituents is 1. The van der Waals surface area contributed by atoms with Gasteiger partial charge in [-0.15, -0.1) is 0 Å². The predicted molar refractivity (Wildman–Crippen MR) is 117 cm³/mol. The minimum atomic E-state index is -1.02. The molecule has 160 valence electrons. The van der Waals surface area contributed by atoms with E-state index in [-0.39, 0.29) is 11.6 Å². The van der Waals surface area contributed by atoms with Crippen LogP contribution in [0.3, 0.4) is 0 Å². The van der Waals surface area contributed by atoms with E-state index in [1.807, 2.05) is 37.3 Å². The van der Waals surface area contributed by atoms with Crippen LogP contribution in [0.5, 0.6) is 0 Å². The number of hydrogen-bond donors (Lipinski definition) is 0. The molecule has 0 unspecified atom stereocenters. The van der Waals surface area contributed by atoms with E-state index in [0.717, 1.165) is 5.56 Å². The second-order valence-corrected chi connectivity index (χ2v) is 7.81. The van der Waals surface area contributed by atoms with E-state index in [9.17, 15) is 19.7 Å². The normalized spacial score (nSPS) is 22.3. The fourth-order valence-electron chi connectivity index (χ4n) is 4.43. The smallest absolute Gasteiger partial charge is 0.269 e. The van der Waals surface area contributed by atoms with E-state index in [4.69, 9.17) is 4.84 Å². The molecule has 2 aliphatic heterocycles. The van der Waals surface area contributed by atoms with Crippen molar-refractivity contribution in [3.05, 3.63) is 100 Å². The topological polar surface area (TPSA) is 93.0 Å². The first kappa shape index (κ1) is 19.9. The van der Waals surface area contributed by atoms with Gasteiger partial charge in [-0.1, -0.05) is 48.5 Å². The summed E-state index contributed by atoms with van der Waals surface area (Å²) in [4.78, 5) is 45.0. The second-order valence-electron chi connectivity index (χ2n) is 7.81. The molecule has 0 aliphatic carbocycles. The van der Waals surface area contributed by atoms with Gasteiger partial charge >= 0.3 is 0 Å². The molecule has 0 saturated carbocycles. The molecular formula is C24H19N3O5. The molecule has 5 rings (SSSR count). The first-order chi connectivity index (χ1) is 15.5. The largest absolute Gasteiger partial charge is 0.273 e. The van der Waals surface area contributed by atoms with Crippen LogP contribution in [-0.4, -0.2) is 22.8 Å². The van der Waals surface area contributed by atoms with Crippen molar-refractivity contribution in [3.8, 4) is 0 Å². The predicted octanol–water partition coefficient (Wildman–Crippen LogP) is 3.95. The Balaban J connectivity index is 1.62. The summed E-state index contributed by atoms with van der Waals surface area (Å²) in [6.45, 7) is 1.83. The number of para-hydroxylation sites is 2. The van der Waals surface area contributed by atoms with Gasteiger partial charge in [0.25, 0.3) is 11.6 Å². The number of carbonyl (C=O) groups is 2. The highest BCUT2D eigenvalue weighted by Crippen LogP contribution is 2.48. The Kier molecular flexibility index (Phi) is 4.71. The lowest BCUT2D eigenvalue weighted by Gasteiger charge is -2.29. The number of hydrogen-bond acceptors (Lipinski definition) is 6. The number of benzene rings is 3. The summed E-state index contributed by atoms with van der Waals surface area (Å²) in [7, 11) is 0. The zero-order valence-corrected chi connectivity index (χ0v) is 17.1. The molecule has 2 saturated heterocycles. The number of nitro groups is 1. The van der Waals surface area contributed by atoms with Crippen molar-refractivity contribution in [2.24, 2.45) is 5.92 Å². The lowest BCUT2D eigenvalue weighted by molar-refractivity contribution is -0.384. The Labute approximate surface area is 183 Å². The fourth-order valence-corrected chi connectivity index (χ4v) is 4.43. The molecule has 32 heavy (non-hydrogen) atoms. The van der Waals surface area contributed by atoms with Crippen molar-refractivity contribution in [2.75, 3.05) is 9.96 Å². The number of anilines is 2. The Morgan fingerprint density at radius 2 is 1.62 bits per heavy atom. The summed E-state index contributed by atoms with van der Waals surface area (Å²) in [5.74, 6) is -1.67. The van der Waals surface area contributed by atoms with E-state index in [1.54, 1.807) is 36.4 Å². The molecule has 0 radical (unpaired) electrons. The number of rotatable bonds is 4. The number of fused-ring (bicyclic) bond motifs is 1. The second kappa shape index (κ2) is 7.58. The lowest BCUT2D eigenvalue weighted by atomic mass is 9.90. The van der Waals surface area contributed by atoms with Crippen molar-refractivity contribution >= 4 is 28.9 Å². The zero-order chi connectivity index (χ0) is 22.4. The van der Waals surface area contributed by atoms with Gasteiger partial charge < -0.3 is 0 Å². The van der Waals surface area contributed by atoms with E-state index < -0.39 is 28.9 Å². The number of amides is 2. The van der Waals surface area contributed by atoms with Gasteiger partial charge in [-0.05, 0) is 36.2 Å². The van der Waals surface area contributed by atoms with Crippen LogP contribution in [0.2, 0.25) is 0 Å². The van der Waals surface area contributed by atoms with E-state index >= 15 is 0 Å². The van der Waals surface area contributed by atoms with Crippen molar-refractivity contribution in [1.29, 1.82) is 0 Å².